The van der Waals surface area contributed by atoms with Gasteiger partial charge < -0.3 is 5.11 Å². The molecule has 0 spiro atoms. The fourth-order valence-corrected chi connectivity index (χ4v) is 5.39. The van der Waals surface area contributed by atoms with Gasteiger partial charge in [-0.25, -0.2) is 4.98 Å². The van der Waals surface area contributed by atoms with E-state index in [2.05, 4.69) is 60.0 Å². The molecule has 1 saturated heterocycles. The molecule has 138 valence electrons. The number of rotatable bonds is 3. The minimum atomic E-state index is 0.0367. The maximum absolute atomic E-state index is 10.9. The van der Waals surface area contributed by atoms with Gasteiger partial charge in [-0.1, -0.05) is 55.0 Å². The Morgan fingerprint density at radius 2 is 1.77 bits per heavy atom. The number of aromatic hydroxyl groups is 1. The first-order valence-electron chi connectivity index (χ1n) is 9.28. The summed E-state index contributed by atoms with van der Waals surface area (Å²) >= 11 is 1.55. The van der Waals surface area contributed by atoms with Gasteiger partial charge in [0.15, 0.2) is 0 Å². The van der Waals surface area contributed by atoms with Crippen LogP contribution in [0, 0.1) is 25.7 Å². The van der Waals surface area contributed by atoms with E-state index >= 15 is 0 Å². The monoisotopic (exact) mass is 370 g/mol. The van der Waals surface area contributed by atoms with E-state index in [1.807, 2.05) is 6.92 Å². The third-order valence-corrected chi connectivity index (χ3v) is 6.28. The Kier molecular flexibility index (Phi) is 4.49. The van der Waals surface area contributed by atoms with Crippen molar-refractivity contribution in [2.45, 2.75) is 40.2 Å². The van der Waals surface area contributed by atoms with Gasteiger partial charge in [0.1, 0.15) is 5.82 Å². The minimum Gasteiger partial charge on any atom is -0.492 e. The molecule has 1 aromatic carbocycles. The smallest absolute Gasteiger partial charge is 0.230 e. The van der Waals surface area contributed by atoms with E-state index in [0.29, 0.717) is 17.7 Å². The molecule has 1 aliphatic heterocycles. The number of nitrogens with zero attached hydrogens (tertiary/aromatic N) is 4. The second-order valence-corrected chi connectivity index (χ2v) is 8.87. The molecule has 0 radical (unpaired) electrons. The van der Waals surface area contributed by atoms with E-state index in [4.69, 9.17) is 0 Å². The molecule has 1 fully saturated rings. The first-order chi connectivity index (χ1) is 12.4. The molecule has 0 amide bonds. The molecule has 26 heavy (non-hydrogen) atoms. The summed E-state index contributed by atoms with van der Waals surface area (Å²) in [5.41, 5.74) is 2.46. The molecule has 2 aromatic heterocycles. The summed E-state index contributed by atoms with van der Waals surface area (Å²) in [6.45, 7) is 10.7. The molecule has 1 N–H and O–H groups in total. The highest BCUT2D eigenvalue weighted by atomic mass is 32.1. The van der Waals surface area contributed by atoms with Crippen LogP contribution >= 0.6 is 11.3 Å². The van der Waals surface area contributed by atoms with E-state index in [0.717, 1.165) is 22.9 Å². The zero-order valence-corrected chi connectivity index (χ0v) is 16.6. The maximum atomic E-state index is 10.9. The number of hydrogen-bond donors (Lipinski definition) is 1. The predicted octanol–water partition coefficient (Wildman–Crippen LogP) is 4.18. The van der Waals surface area contributed by atoms with Crippen molar-refractivity contribution in [1.29, 1.82) is 0 Å². The van der Waals surface area contributed by atoms with Crippen molar-refractivity contribution in [2.75, 3.05) is 13.1 Å². The van der Waals surface area contributed by atoms with Crippen LogP contribution in [0.2, 0.25) is 0 Å². The molecule has 0 aliphatic carbocycles. The lowest BCUT2D eigenvalue weighted by Crippen LogP contribution is -2.41. The molecule has 3 heterocycles. The van der Waals surface area contributed by atoms with Gasteiger partial charge in [-0.3, -0.25) is 4.90 Å². The molecule has 4 rings (SSSR count). The van der Waals surface area contributed by atoms with Crippen molar-refractivity contribution in [3.05, 3.63) is 46.1 Å². The lowest BCUT2D eigenvalue weighted by Gasteiger charge is -2.40. The molecule has 0 saturated carbocycles. The Balaban J connectivity index is 1.82. The van der Waals surface area contributed by atoms with Crippen molar-refractivity contribution < 1.29 is 5.11 Å². The van der Waals surface area contributed by atoms with Crippen LogP contribution in [0.5, 0.6) is 5.88 Å². The van der Waals surface area contributed by atoms with E-state index in [1.54, 1.807) is 15.9 Å². The number of aromatic nitrogens is 3. The number of piperidine rings is 1. The highest BCUT2D eigenvalue weighted by molar-refractivity contribution is 7.17. The second kappa shape index (κ2) is 6.67. The topological polar surface area (TPSA) is 53.7 Å². The van der Waals surface area contributed by atoms with E-state index in [-0.39, 0.29) is 11.9 Å². The molecule has 5 nitrogen and oxygen atoms in total. The van der Waals surface area contributed by atoms with Crippen LogP contribution in [0.4, 0.5) is 0 Å². The first kappa shape index (κ1) is 17.5. The Hall–Kier alpha value is -1.92. The van der Waals surface area contributed by atoms with Crippen molar-refractivity contribution in [3.8, 4) is 5.88 Å². The van der Waals surface area contributed by atoms with Crippen LogP contribution in [0.25, 0.3) is 4.96 Å². The Morgan fingerprint density at radius 3 is 2.38 bits per heavy atom. The van der Waals surface area contributed by atoms with E-state index in [1.165, 1.54) is 17.5 Å². The van der Waals surface area contributed by atoms with Gasteiger partial charge in [-0.05, 0) is 37.7 Å². The third-order valence-electron chi connectivity index (χ3n) is 5.21. The summed E-state index contributed by atoms with van der Waals surface area (Å²) in [7, 11) is 0. The van der Waals surface area contributed by atoms with Crippen molar-refractivity contribution in [3.63, 3.8) is 0 Å². The SMILES string of the molecule is Cc1ccc(C(c2sc3nc(C)nn3c2O)N2CC(C)CC(C)C2)cc1. The van der Waals surface area contributed by atoms with Gasteiger partial charge in [0.05, 0.1) is 10.9 Å². The number of aryl methyl sites for hydroxylation is 2. The average molecular weight is 371 g/mol. The predicted molar refractivity (Wildman–Crippen MR) is 105 cm³/mol. The number of likely N-dealkylation sites (tertiary alicyclic amines) is 1. The third kappa shape index (κ3) is 3.12. The molecule has 6 heteroatoms. The van der Waals surface area contributed by atoms with Gasteiger partial charge >= 0.3 is 0 Å². The summed E-state index contributed by atoms with van der Waals surface area (Å²) in [6, 6.07) is 8.71. The van der Waals surface area contributed by atoms with E-state index in [9.17, 15) is 5.11 Å². The van der Waals surface area contributed by atoms with E-state index < -0.39 is 0 Å². The number of thiazole rings is 1. The molecule has 3 unspecified atom stereocenters. The van der Waals surface area contributed by atoms with Gasteiger partial charge in [-0.15, -0.1) is 5.10 Å². The average Bonchev–Trinajstić information content (AvgIpc) is 3.07. The molecular formula is C20H26N4OS. The summed E-state index contributed by atoms with van der Waals surface area (Å²) in [6.07, 6.45) is 1.26. The molecule has 0 bridgehead atoms. The van der Waals surface area contributed by atoms with Crippen molar-refractivity contribution in [2.24, 2.45) is 11.8 Å². The van der Waals surface area contributed by atoms with Crippen LogP contribution < -0.4 is 0 Å². The Bertz CT molecular complexity index is 904. The number of fused-ring (bicyclic) bond motifs is 1. The molecule has 3 aromatic rings. The zero-order chi connectivity index (χ0) is 18.4. The fraction of sp³-hybridized carbons (Fsp3) is 0.500. The van der Waals surface area contributed by atoms with Crippen LogP contribution in [-0.4, -0.2) is 37.7 Å². The summed E-state index contributed by atoms with van der Waals surface area (Å²) < 4.78 is 1.58. The normalized spacial score (nSPS) is 22.8. The second-order valence-electron chi connectivity index (χ2n) is 7.86. The number of benzene rings is 1. The maximum Gasteiger partial charge on any atom is 0.230 e. The molecule has 1 aliphatic rings. The standard InChI is InChI=1S/C20H26N4OS/c1-12-5-7-16(8-6-12)17(23-10-13(2)9-14(3)11-23)18-19(25)24-20(26-18)21-15(4)22-24/h5-8,13-14,17,25H,9-11H2,1-4H3. The molecule has 3 atom stereocenters. The van der Waals surface area contributed by atoms with Gasteiger partial charge in [0, 0.05) is 13.1 Å². The van der Waals surface area contributed by atoms with Gasteiger partial charge in [-0.2, -0.15) is 4.52 Å². The lowest BCUT2D eigenvalue weighted by atomic mass is 9.89. The van der Waals surface area contributed by atoms with Crippen LogP contribution in [0.15, 0.2) is 24.3 Å². The molecular weight excluding hydrogens is 344 g/mol. The minimum absolute atomic E-state index is 0.0367. The van der Waals surface area contributed by atoms with Crippen LogP contribution in [0.3, 0.4) is 0 Å². The largest absolute Gasteiger partial charge is 0.492 e. The number of hydrogen-bond acceptors (Lipinski definition) is 5. The van der Waals surface area contributed by atoms with Gasteiger partial charge in [0.25, 0.3) is 0 Å². The van der Waals surface area contributed by atoms with Crippen LogP contribution in [0.1, 0.15) is 48.1 Å². The summed E-state index contributed by atoms with van der Waals surface area (Å²) in [5, 5.41) is 15.2. The highest BCUT2D eigenvalue weighted by Crippen LogP contribution is 2.41. The Morgan fingerprint density at radius 1 is 1.12 bits per heavy atom. The summed E-state index contributed by atoms with van der Waals surface area (Å²) in [5.74, 6) is 2.21. The summed E-state index contributed by atoms with van der Waals surface area (Å²) in [4.78, 5) is 8.66. The van der Waals surface area contributed by atoms with Crippen LogP contribution in [-0.2, 0) is 0 Å². The van der Waals surface area contributed by atoms with Gasteiger partial charge in [0.2, 0.25) is 10.8 Å². The zero-order valence-electron chi connectivity index (χ0n) is 15.8. The highest BCUT2D eigenvalue weighted by Gasteiger charge is 2.33. The lowest BCUT2D eigenvalue weighted by molar-refractivity contribution is 0.112. The van der Waals surface area contributed by atoms with Crippen molar-refractivity contribution >= 4 is 16.3 Å². The Labute approximate surface area is 158 Å². The first-order valence-corrected chi connectivity index (χ1v) is 10.1. The quantitative estimate of drug-likeness (QED) is 0.751. The fourth-order valence-electron chi connectivity index (χ4n) is 4.22. The van der Waals surface area contributed by atoms with Crippen molar-refractivity contribution in [1.82, 2.24) is 19.5 Å².